The number of hydrogen-bond acceptors (Lipinski definition) is 8. The van der Waals surface area contributed by atoms with Gasteiger partial charge in [0.25, 0.3) is 5.91 Å². The maximum atomic E-state index is 14.0. The van der Waals surface area contributed by atoms with Crippen LogP contribution in [-0.4, -0.2) is 136 Å². The van der Waals surface area contributed by atoms with Crippen LogP contribution in [0, 0.1) is 0 Å². The summed E-state index contributed by atoms with van der Waals surface area (Å²) in [5.41, 5.74) is 2.21. The lowest BCUT2D eigenvalue weighted by Gasteiger charge is -2.43. The van der Waals surface area contributed by atoms with E-state index < -0.39 is 17.8 Å². The van der Waals surface area contributed by atoms with Gasteiger partial charge >= 0.3 is 18.2 Å². The van der Waals surface area contributed by atoms with Gasteiger partial charge in [-0.05, 0) is 82.2 Å². The van der Waals surface area contributed by atoms with Crippen molar-refractivity contribution in [2.24, 2.45) is 0 Å². The summed E-state index contributed by atoms with van der Waals surface area (Å²) in [7, 11) is 0. The summed E-state index contributed by atoms with van der Waals surface area (Å²) < 4.78 is 11.5. The number of piperidine rings is 2. The smallest absolute Gasteiger partial charge is 0.410 e. The fourth-order valence-electron chi connectivity index (χ4n) is 7.57. The van der Waals surface area contributed by atoms with Gasteiger partial charge in [0.05, 0.1) is 0 Å². The first kappa shape index (κ1) is 36.3. The van der Waals surface area contributed by atoms with Crippen LogP contribution >= 0.6 is 0 Å². The molecular weight excluding hydrogens is 652 g/mol. The summed E-state index contributed by atoms with van der Waals surface area (Å²) >= 11 is 0. The number of carbonyl (C=O) groups excluding carboxylic acids is 4. The molecule has 0 aromatic heterocycles. The van der Waals surface area contributed by atoms with Gasteiger partial charge in [0, 0.05) is 83.1 Å². The quantitative estimate of drug-likeness (QED) is 0.448. The topological polar surface area (TPSA) is 135 Å². The first-order valence-electron chi connectivity index (χ1n) is 18.3. The van der Waals surface area contributed by atoms with E-state index in [1.54, 1.807) is 39.0 Å². The fourth-order valence-corrected chi connectivity index (χ4v) is 7.57. The molecule has 2 aromatic carbocycles. The zero-order valence-corrected chi connectivity index (χ0v) is 30.1. The highest BCUT2D eigenvalue weighted by Crippen LogP contribution is 2.26. The van der Waals surface area contributed by atoms with Crippen LogP contribution < -0.4 is 5.32 Å². The number of urea groups is 1. The molecule has 0 saturated carbocycles. The zero-order chi connectivity index (χ0) is 36.1. The Morgan fingerprint density at radius 2 is 1.39 bits per heavy atom. The van der Waals surface area contributed by atoms with Crippen molar-refractivity contribution in [1.29, 1.82) is 0 Å². The van der Waals surface area contributed by atoms with Gasteiger partial charge in [-0.1, -0.05) is 30.3 Å². The number of fused-ring (bicyclic) bond motifs is 1. The average Bonchev–Trinajstić information content (AvgIpc) is 3.29. The van der Waals surface area contributed by atoms with E-state index >= 15 is 0 Å². The molecule has 6 rings (SSSR count). The number of anilines is 1. The molecule has 13 nitrogen and oxygen atoms in total. The lowest BCUT2D eigenvalue weighted by atomic mass is 10.0. The molecule has 3 saturated heterocycles. The number of benzene rings is 2. The molecular formula is C38H52N6O7. The van der Waals surface area contributed by atoms with Gasteiger partial charge in [-0.3, -0.25) is 9.69 Å². The average molecular weight is 705 g/mol. The van der Waals surface area contributed by atoms with E-state index in [4.69, 9.17) is 9.47 Å². The van der Waals surface area contributed by atoms with Gasteiger partial charge in [-0.2, -0.15) is 0 Å². The van der Waals surface area contributed by atoms with E-state index in [0.717, 1.165) is 36.1 Å². The van der Waals surface area contributed by atoms with E-state index in [1.807, 2.05) is 49.9 Å². The summed E-state index contributed by atoms with van der Waals surface area (Å²) in [4.78, 5) is 62.6. The molecule has 0 aliphatic carbocycles. The lowest BCUT2D eigenvalue weighted by Crippen LogP contribution is -2.57. The second kappa shape index (κ2) is 15.8. The number of ether oxygens (including phenoxy) is 2. The van der Waals surface area contributed by atoms with Gasteiger partial charge < -0.3 is 39.5 Å². The Morgan fingerprint density at radius 3 is 2.04 bits per heavy atom. The van der Waals surface area contributed by atoms with E-state index in [-0.39, 0.29) is 36.2 Å². The molecule has 1 atom stereocenters. The van der Waals surface area contributed by atoms with Gasteiger partial charge in [0.1, 0.15) is 11.4 Å². The van der Waals surface area contributed by atoms with Crippen molar-refractivity contribution >= 4 is 29.8 Å². The molecule has 13 heteroatoms. The highest BCUT2D eigenvalue weighted by Gasteiger charge is 2.37. The largest absolute Gasteiger partial charge is 0.508 e. The molecule has 5 amide bonds. The number of phenolic OH excluding ortho intramolecular Hbond substituents is 1. The molecule has 51 heavy (non-hydrogen) atoms. The van der Waals surface area contributed by atoms with Crippen molar-refractivity contribution in [3.63, 3.8) is 0 Å². The predicted molar refractivity (Wildman–Crippen MR) is 192 cm³/mol. The van der Waals surface area contributed by atoms with E-state index in [9.17, 15) is 24.3 Å². The predicted octanol–water partition coefficient (Wildman–Crippen LogP) is 4.54. The number of phenols is 1. The lowest BCUT2D eigenvalue weighted by molar-refractivity contribution is -0.143. The minimum Gasteiger partial charge on any atom is -0.508 e. The summed E-state index contributed by atoms with van der Waals surface area (Å²) in [6, 6.07) is 14.7. The summed E-state index contributed by atoms with van der Waals surface area (Å²) in [5, 5.41) is 12.8. The number of rotatable bonds is 6. The van der Waals surface area contributed by atoms with Crippen LogP contribution in [0.5, 0.6) is 5.75 Å². The number of aromatic hydroxyl groups is 1. The van der Waals surface area contributed by atoms with Crippen LogP contribution in [0.25, 0.3) is 0 Å². The Kier molecular flexibility index (Phi) is 11.2. The summed E-state index contributed by atoms with van der Waals surface area (Å²) in [6.07, 6.45) is 2.07. The fraction of sp³-hybridized carbons (Fsp3) is 0.579. The maximum absolute atomic E-state index is 14.0. The SMILES string of the molecule is CC(C)(C)OC(=O)N1CCC(N2CCN(C(=O)C(Cc3ccc(O)cc3)OC(=O)N3CCC(N4CCc5ccccc5NC4=O)CC3)CC2)CC1. The maximum Gasteiger partial charge on any atom is 0.410 e. The van der Waals surface area contributed by atoms with Crippen molar-refractivity contribution in [3.8, 4) is 5.75 Å². The van der Waals surface area contributed by atoms with Crippen molar-refractivity contribution in [1.82, 2.24) is 24.5 Å². The van der Waals surface area contributed by atoms with Crippen molar-refractivity contribution < 1.29 is 33.8 Å². The van der Waals surface area contributed by atoms with E-state index in [1.165, 1.54) is 0 Å². The molecule has 276 valence electrons. The molecule has 4 heterocycles. The molecule has 0 bridgehead atoms. The minimum absolute atomic E-state index is 0.00127. The number of hydrogen-bond donors (Lipinski definition) is 2. The standard InChI is InChI=1S/C38H52N6O7/c1-38(2,3)51-37(49)43-17-13-29(14-18-43)40-22-24-41(25-23-40)34(46)33(26-27-8-10-31(45)11-9-27)50-36(48)42-19-15-30(16-20-42)44-21-12-28-6-4-5-7-32(28)39-35(44)47/h4-11,29-30,33,45H,12-26H2,1-3H3,(H,39,47). The van der Waals surface area contributed by atoms with Crippen molar-refractivity contribution in [2.75, 3.05) is 64.2 Å². The second-order valence-corrected chi connectivity index (χ2v) is 15.1. The molecule has 2 aromatic rings. The number of para-hydroxylation sites is 1. The Balaban J connectivity index is 1.02. The minimum atomic E-state index is -1.02. The van der Waals surface area contributed by atoms with Gasteiger partial charge in [-0.15, -0.1) is 0 Å². The van der Waals surface area contributed by atoms with E-state index in [2.05, 4.69) is 10.2 Å². The Morgan fingerprint density at radius 1 is 0.784 bits per heavy atom. The second-order valence-electron chi connectivity index (χ2n) is 15.1. The molecule has 3 fully saturated rings. The normalized spacial score (nSPS) is 20.3. The molecule has 4 aliphatic rings. The van der Waals surface area contributed by atoms with Crippen LogP contribution in [0.4, 0.5) is 20.1 Å². The van der Waals surface area contributed by atoms with Crippen molar-refractivity contribution in [2.45, 2.75) is 83.1 Å². The van der Waals surface area contributed by atoms with Crippen LogP contribution in [-0.2, 0) is 27.1 Å². The van der Waals surface area contributed by atoms with Crippen LogP contribution in [0.3, 0.4) is 0 Å². The molecule has 4 aliphatic heterocycles. The highest BCUT2D eigenvalue weighted by atomic mass is 16.6. The monoisotopic (exact) mass is 704 g/mol. The number of nitrogens with zero attached hydrogens (tertiary/aromatic N) is 5. The number of likely N-dealkylation sites (tertiary alicyclic amines) is 2. The van der Waals surface area contributed by atoms with Crippen LogP contribution in [0.15, 0.2) is 48.5 Å². The first-order valence-corrected chi connectivity index (χ1v) is 18.3. The zero-order valence-electron chi connectivity index (χ0n) is 30.1. The molecule has 1 unspecified atom stereocenters. The molecule has 2 N–H and O–H groups in total. The highest BCUT2D eigenvalue weighted by molar-refractivity contribution is 5.91. The number of nitrogens with one attached hydrogen (secondary N) is 1. The number of piperazine rings is 1. The van der Waals surface area contributed by atoms with Crippen LogP contribution in [0.2, 0.25) is 0 Å². The van der Waals surface area contributed by atoms with Crippen molar-refractivity contribution in [3.05, 3.63) is 59.7 Å². The van der Waals surface area contributed by atoms with E-state index in [0.29, 0.717) is 77.8 Å². The number of carbonyl (C=O) groups is 4. The number of amides is 5. The summed E-state index contributed by atoms with van der Waals surface area (Å²) in [6.45, 7) is 10.8. The Bertz CT molecular complexity index is 1540. The Hall–Kier alpha value is -4.52. The third-order valence-electron chi connectivity index (χ3n) is 10.4. The van der Waals surface area contributed by atoms with Gasteiger partial charge in [-0.25, -0.2) is 14.4 Å². The van der Waals surface area contributed by atoms with Crippen LogP contribution in [0.1, 0.15) is 57.6 Å². The molecule has 0 radical (unpaired) electrons. The third-order valence-corrected chi connectivity index (χ3v) is 10.4. The van der Waals surface area contributed by atoms with Gasteiger partial charge in [0.2, 0.25) is 0 Å². The first-order chi connectivity index (χ1) is 24.4. The van der Waals surface area contributed by atoms with Gasteiger partial charge in [0.15, 0.2) is 6.10 Å². The Labute approximate surface area is 300 Å². The third kappa shape index (κ3) is 9.24. The molecule has 0 spiro atoms. The summed E-state index contributed by atoms with van der Waals surface area (Å²) in [5.74, 6) is -0.108.